The topological polar surface area (TPSA) is 155 Å². The molecule has 12 heteroatoms. The Morgan fingerprint density at radius 1 is 0.392 bits per heavy atom. The Morgan fingerprint density at radius 2 is 0.703 bits per heavy atom. The standard InChI is InChI=1S/C62H103O11P/c1-4-7-10-13-16-19-22-25-27-28-29-30-32-35-38-41-44-47-50-53-62(66)73-59(55-69-60(64)51-48-45-42-39-36-34-31-26-23-20-17-14-11-8-5-2)57-71-74(67,68)70-56-58(54-63)72-61(65)52-49-46-43-40-37-33-24-21-18-15-12-9-6-3/h8-9,11-12,16-21,25-27,29-31,33,37,58-59,63H,4-7,10,13-15,22-24,28,32,34-36,38-57H2,1-3H3,(H,67,68)/b11-8-,12-9-,19-16-,20-17-,21-18-,27-25-,30-29-,31-26-,37-33-. The van der Waals surface area contributed by atoms with Crippen molar-refractivity contribution >= 4 is 25.7 Å². The minimum atomic E-state index is -4.77. The zero-order chi connectivity index (χ0) is 54.1. The highest BCUT2D eigenvalue weighted by atomic mass is 31.2. The van der Waals surface area contributed by atoms with E-state index in [2.05, 4.69) is 130 Å². The Bertz CT molecular complexity index is 1660. The fourth-order valence-electron chi connectivity index (χ4n) is 7.33. The zero-order valence-corrected chi connectivity index (χ0v) is 47.4. The molecule has 0 aromatic rings. The van der Waals surface area contributed by atoms with Gasteiger partial charge in [0.25, 0.3) is 0 Å². The van der Waals surface area contributed by atoms with E-state index in [1.54, 1.807) is 0 Å². The number of carbonyl (C=O) groups is 3. The number of aliphatic hydroxyl groups is 1. The highest BCUT2D eigenvalue weighted by molar-refractivity contribution is 7.47. The fourth-order valence-corrected chi connectivity index (χ4v) is 8.12. The lowest BCUT2D eigenvalue weighted by Gasteiger charge is -2.21. The molecular weight excluding hydrogens is 952 g/mol. The number of hydrogen-bond donors (Lipinski definition) is 2. The predicted molar refractivity (Wildman–Crippen MR) is 307 cm³/mol. The average molecular weight is 1060 g/mol. The molecule has 0 bridgehead atoms. The summed E-state index contributed by atoms with van der Waals surface area (Å²) >= 11 is 0. The van der Waals surface area contributed by atoms with Gasteiger partial charge in [0.2, 0.25) is 0 Å². The first kappa shape index (κ1) is 70.1. The molecule has 422 valence electrons. The summed E-state index contributed by atoms with van der Waals surface area (Å²) in [5.41, 5.74) is 0. The molecule has 3 unspecified atom stereocenters. The van der Waals surface area contributed by atoms with Crippen molar-refractivity contribution < 1.29 is 52.2 Å². The van der Waals surface area contributed by atoms with Gasteiger partial charge >= 0.3 is 25.7 Å². The van der Waals surface area contributed by atoms with Gasteiger partial charge in [-0.25, -0.2) is 4.57 Å². The molecular formula is C62H103O11P. The van der Waals surface area contributed by atoms with Gasteiger partial charge in [-0.15, -0.1) is 0 Å². The molecule has 0 aromatic heterocycles. The minimum absolute atomic E-state index is 0.135. The van der Waals surface area contributed by atoms with Gasteiger partial charge in [0.15, 0.2) is 6.10 Å². The van der Waals surface area contributed by atoms with Crippen LogP contribution in [0.2, 0.25) is 0 Å². The van der Waals surface area contributed by atoms with Crippen LogP contribution in [0.3, 0.4) is 0 Å². The van der Waals surface area contributed by atoms with Crippen molar-refractivity contribution in [3.05, 3.63) is 109 Å². The first-order valence-electron chi connectivity index (χ1n) is 28.8. The van der Waals surface area contributed by atoms with E-state index in [0.717, 1.165) is 141 Å². The number of ether oxygens (including phenoxy) is 3. The molecule has 0 amide bonds. The van der Waals surface area contributed by atoms with Crippen LogP contribution >= 0.6 is 7.82 Å². The van der Waals surface area contributed by atoms with E-state index in [9.17, 15) is 28.9 Å². The van der Waals surface area contributed by atoms with Gasteiger partial charge in [0.1, 0.15) is 12.7 Å². The van der Waals surface area contributed by atoms with Crippen molar-refractivity contribution in [3.63, 3.8) is 0 Å². The number of hydrogen-bond acceptors (Lipinski definition) is 10. The summed E-state index contributed by atoms with van der Waals surface area (Å²) in [5, 5.41) is 9.80. The second-order valence-electron chi connectivity index (χ2n) is 18.7. The Kier molecular flexibility index (Phi) is 52.5. The van der Waals surface area contributed by atoms with Gasteiger partial charge in [-0.3, -0.25) is 23.4 Å². The Hall–Kier alpha value is -3.86. The first-order chi connectivity index (χ1) is 36.2. The van der Waals surface area contributed by atoms with Crippen LogP contribution in [0.4, 0.5) is 0 Å². The Balaban J connectivity index is 4.81. The van der Waals surface area contributed by atoms with Crippen molar-refractivity contribution in [2.75, 3.05) is 26.4 Å². The van der Waals surface area contributed by atoms with Crippen LogP contribution in [0.25, 0.3) is 0 Å². The third kappa shape index (κ3) is 53.0. The first-order valence-corrected chi connectivity index (χ1v) is 30.3. The third-order valence-corrected chi connectivity index (χ3v) is 12.6. The van der Waals surface area contributed by atoms with Crippen LogP contribution < -0.4 is 0 Å². The SMILES string of the molecule is CC/C=C\C/C=C\C/C=C\CCCCCCCC(=O)OCC(COP(=O)(O)OCC(CO)OC(=O)CCCCC/C=C\C/C=C\C/C=C\CC)OC(=O)CCCCCCCC/C=C\C/C=C\C/C=C\CCCCC. The molecule has 0 aliphatic rings. The number of aliphatic hydroxyl groups excluding tert-OH is 1. The van der Waals surface area contributed by atoms with E-state index in [1.807, 2.05) is 0 Å². The van der Waals surface area contributed by atoms with Gasteiger partial charge in [-0.1, -0.05) is 194 Å². The molecule has 0 aliphatic carbocycles. The van der Waals surface area contributed by atoms with Crippen molar-refractivity contribution in [3.8, 4) is 0 Å². The van der Waals surface area contributed by atoms with E-state index in [4.69, 9.17) is 23.3 Å². The molecule has 2 N–H and O–H groups in total. The minimum Gasteiger partial charge on any atom is -0.462 e. The molecule has 0 fully saturated rings. The molecule has 0 aliphatic heterocycles. The number of phosphoric acid groups is 1. The maximum Gasteiger partial charge on any atom is 0.472 e. The predicted octanol–water partition coefficient (Wildman–Crippen LogP) is 17.0. The molecule has 0 spiro atoms. The molecule has 0 radical (unpaired) electrons. The van der Waals surface area contributed by atoms with Crippen LogP contribution in [-0.2, 0) is 42.2 Å². The zero-order valence-electron chi connectivity index (χ0n) is 46.5. The van der Waals surface area contributed by atoms with Crippen LogP contribution in [0.5, 0.6) is 0 Å². The van der Waals surface area contributed by atoms with Crippen molar-refractivity contribution in [1.29, 1.82) is 0 Å². The van der Waals surface area contributed by atoms with Crippen molar-refractivity contribution in [2.45, 2.75) is 238 Å². The number of phosphoric ester groups is 1. The lowest BCUT2D eigenvalue weighted by Crippen LogP contribution is -2.30. The molecule has 0 rings (SSSR count). The fraction of sp³-hybridized carbons (Fsp3) is 0.661. The van der Waals surface area contributed by atoms with E-state index >= 15 is 0 Å². The second kappa shape index (κ2) is 55.4. The van der Waals surface area contributed by atoms with Gasteiger partial charge in [-0.2, -0.15) is 0 Å². The smallest absolute Gasteiger partial charge is 0.462 e. The maximum atomic E-state index is 12.9. The molecule has 74 heavy (non-hydrogen) atoms. The average Bonchev–Trinajstić information content (AvgIpc) is 3.39. The summed E-state index contributed by atoms with van der Waals surface area (Å²) in [6.45, 7) is 4.31. The van der Waals surface area contributed by atoms with E-state index in [0.29, 0.717) is 19.3 Å². The number of esters is 3. The van der Waals surface area contributed by atoms with Crippen molar-refractivity contribution in [1.82, 2.24) is 0 Å². The highest BCUT2D eigenvalue weighted by Crippen LogP contribution is 2.43. The van der Waals surface area contributed by atoms with E-state index in [-0.39, 0.29) is 25.9 Å². The third-order valence-electron chi connectivity index (χ3n) is 11.7. The number of allylic oxidation sites excluding steroid dienone is 18. The van der Waals surface area contributed by atoms with Crippen LogP contribution in [0.1, 0.15) is 226 Å². The molecule has 0 saturated carbocycles. The molecule has 0 saturated heterocycles. The van der Waals surface area contributed by atoms with Gasteiger partial charge in [0.05, 0.1) is 19.8 Å². The number of unbranched alkanes of at least 4 members (excludes halogenated alkanes) is 17. The number of carbonyl (C=O) groups excluding carboxylic acids is 3. The van der Waals surface area contributed by atoms with Crippen LogP contribution in [-0.4, -0.2) is 66.5 Å². The highest BCUT2D eigenvalue weighted by Gasteiger charge is 2.28. The van der Waals surface area contributed by atoms with Crippen LogP contribution in [0, 0.1) is 0 Å². The summed E-state index contributed by atoms with van der Waals surface area (Å²) in [7, 11) is -4.77. The molecule has 11 nitrogen and oxygen atoms in total. The molecule has 3 atom stereocenters. The van der Waals surface area contributed by atoms with E-state index < -0.39 is 57.8 Å². The van der Waals surface area contributed by atoms with Crippen molar-refractivity contribution in [2.24, 2.45) is 0 Å². The van der Waals surface area contributed by atoms with Gasteiger partial charge in [-0.05, 0) is 122 Å². The second-order valence-corrected chi connectivity index (χ2v) is 20.1. The van der Waals surface area contributed by atoms with Gasteiger partial charge < -0.3 is 24.2 Å². The van der Waals surface area contributed by atoms with E-state index in [1.165, 1.54) is 25.7 Å². The van der Waals surface area contributed by atoms with Crippen LogP contribution in [0.15, 0.2) is 109 Å². The lowest BCUT2D eigenvalue weighted by molar-refractivity contribution is -0.161. The largest absolute Gasteiger partial charge is 0.472 e. The summed E-state index contributed by atoms with van der Waals surface area (Å²) < 4.78 is 39.5. The Labute approximate surface area is 450 Å². The Morgan fingerprint density at radius 3 is 1.09 bits per heavy atom. The summed E-state index contributed by atoms with van der Waals surface area (Å²) in [6.07, 6.45) is 66.2. The molecule has 0 heterocycles. The summed E-state index contributed by atoms with van der Waals surface area (Å²) in [6, 6.07) is 0. The number of rotatable bonds is 52. The quantitative estimate of drug-likeness (QED) is 0.0197. The monoisotopic (exact) mass is 1050 g/mol. The lowest BCUT2D eigenvalue weighted by atomic mass is 10.1. The maximum absolute atomic E-state index is 12.9. The summed E-state index contributed by atoms with van der Waals surface area (Å²) in [4.78, 5) is 48.5. The normalized spacial score (nSPS) is 14.2. The summed E-state index contributed by atoms with van der Waals surface area (Å²) in [5.74, 6) is -1.54. The van der Waals surface area contributed by atoms with Gasteiger partial charge in [0, 0.05) is 19.3 Å². The molecule has 0 aromatic carbocycles.